The minimum absolute atomic E-state index is 0.0571. The monoisotopic (exact) mass is 267 g/mol. The summed E-state index contributed by atoms with van der Waals surface area (Å²) in [5.41, 5.74) is 6.88. The molecule has 0 heterocycles. The number of anilines is 2. The molecule has 0 aliphatic heterocycles. The predicted molar refractivity (Wildman–Crippen MR) is 74.8 cm³/mol. The van der Waals surface area contributed by atoms with Crippen LogP contribution in [0.15, 0.2) is 18.2 Å². The second-order valence-electron chi connectivity index (χ2n) is 4.78. The summed E-state index contributed by atoms with van der Waals surface area (Å²) in [5.74, 6) is -0.0571. The van der Waals surface area contributed by atoms with Gasteiger partial charge < -0.3 is 11.1 Å². The Balaban J connectivity index is 1.91. The van der Waals surface area contributed by atoms with Crippen molar-refractivity contribution in [2.45, 2.75) is 25.3 Å². The number of nitrogens with zero attached hydrogens (tertiary/aromatic N) is 1. The van der Waals surface area contributed by atoms with E-state index < -0.39 is 0 Å². The summed E-state index contributed by atoms with van der Waals surface area (Å²) in [5, 5.41) is 3.36. The molecule has 3 N–H and O–H groups in total. The topological polar surface area (TPSA) is 58.4 Å². The number of carbonyl (C=O) groups excluding carboxylic acids is 1. The number of hydrogen-bond acceptors (Lipinski definition) is 3. The standard InChI is InChI=1S/C13H18ClN3O/c1-17(10-3-2-4-10)8-13(18)16-12-7-9(14)5-6-11(12)15/h5-7,10H,2-4,8,15H2,1H3,(H,16,18). The van der Waals surface area contributed by atoms with Crippen LogP contribution in [-0.2, 0) is 4.79 Å². The molecule has 0 aromatic heterocycles. The van der Waals surface area contributed by atoms with Crippen molar-refractivity contribution >= 4 is 28.9 Å². The van der Waals surface area contributed by atoms with Crippen molar-refractivity contribution in [1.82, 2.24) is 4.90 Å². The van der Waals surface area contributed by atoms with Gasteiger partial charge in [0.2, 0.25) is 5.91 Å². The molecular weight excluding hydrogens is 250 g/mol. The minimum Gasteiger partial charge on any atom is -0.397 e. The van der Waals surface area contributed by atoms with Crippen LogP contribution in [0.5, 0.6) is 0 Å². The van der Waals surface area contributed by atoms with Gasteiger partial charge in [-0.1, -0.05) is 18.0 Å². The van der Waals surface area contributed by atoms with Crippen LogP contribution in [0.25, 0.3) is 0 Å². The van der Waals surface area contributed by atoms with Crippen LogP contribution in [0, 0.1) is 0 Å². The molecule has 2 rings (SSSR count). The van der Waals surface area contributed by atoms with Gasteiger partial charge in [-0.15, -0.1) is 0 Å². The zero-order valence-corrected chi connectivity index (χ0v) is 11.2. The molecule has 98 valence electrons. The molecule has 4 nitrogen and oxygen atoms in total. The average Bonchev–Trinajstić information content (AvgIpc) is 2.20. The molecule has 1 aliphatic rings. The predicted octanol–water partition coefficient (Wildman–Crippen LogP) is 2.34. The van der Waals surface area contributed by atoms with E-state index in [9.17, 15) is 4.79 Å². The van der Waals surface area contributed by atoms with E-state index in [0.717, 1.165) is 0 Å². The number of benzene rings is 1. The summed E-state index contributed by atoms with van der Waals surface area (Å²) >= 11 is 5.87. The van der Waals surface area contributed by atoms with E-state index >= 15 is 0 Å². The molecule has 0 atom stereocenters. The lowest BCUT2D eigenvalue weighted by molar-refractivity contribution is -0.117. The molecule has 1 amide bonds. The van der Waals surface area contributed by atoms with Gasteiger partial charge in [0.15, 0.2) is 0 Å². The lowest BCUT2D eigenvalue weighted by atomic mass is 9.92. The smallest absolute Gasteiger partial charge is 0.238 e. The highest BCUT2D eigenvalue weighted by Gasteiger charge is 2.23. The first-order valence-electron chi connectivity index (χ1n) is 6.11. The van der Waals surface area contributed by atoms with E-state index in [-0.39, 0.29) is 5.91 Å². The van der Waals surface area contributed by atoms with E-state index in [4.69, 9.17) is 17.3 Å². The third kappa shape index (κ3) is 3.15. The Morgan fingerprint density at radius 3 is 2.89 bits per heavy atom. The summed E-state index contributed by atoms with van der Waals surface area (Å²) in [6, 6.07) is 5.60. The molecule has 5 heteroatoms. The van der Waals surface area contributed by atoms with Gasteiger partial charge in [-0.25, -0.2) is 0 Å². The quantitative estimate of drug-likeness (QED) is 0.824. The van der Waals surface area contributed by atoms with Crippen LogP contribution in [0.2, 0.25) is 5.02 Å². The SMILES string of the molecule is CN(CC(=O)Nc1cc(Cl)ccc1N)C1CCC1. The number of nitrogens with one attached hydrogen (secondary N) is 1. The highest BCUT2D eigenvalue weighted by Crippen LogP contribution is 2.24. The van der Waals surface area contributed by atoms with Gasteiger partial charge >= 0.3 is 0 Å². The second-order valence-corrected chi connectivity index (χ2v) is 5.22. The third-order valence-corrected chi connectivity index (χ3v) is 3.62. The van der Waals surface area contributed by atoms with Gasteiger partial charge in [0.25, 0.3) is 0 Å². The van der Waals surface area contributed by atoms with E-state index in [0.29, 0.717) is 29.0 Å². The van der Waals surface area contributed by atoms with Crippen LogP contribution in [0.1, 0.15) is 19.3 Å². The highest BCUT2D eigenvalue weighted by molar-refractivity contribution is 6.31. The minimum atomic E-state index is -0.0571. The molecule has 0 spiro atoms. The number of likely N-dealkylation sites (N-methyl/N-ethyl adjacent to an activating group) is 1. The average molecular weight is 268 g/mol. The maximum absolute atomic E-state index is 11.9. The lowest BCUT2D eigenvalue weighted by Crippen LogP contribution is -2.41. The first-order chi connectivity index (χ1) is 8.56. The van der Waals surface area contributed by atoms with Crippen molar-refractivity contribution in [1.29, 1.82) is 0 Å². The number of nitrogens with two attached hydrogens (primary N) is 1. The zero-order chi connectivity index (χ0) is 13.1. The van der Waals surface area contributed by atoms with Crippen LogP contribution in [0.4, 0.5) is 11.4 Å². The number of halogens is 1. The number of rotatable bonds is 4. The number of nitrogen functional groups attached to an aromatic ring is 1. The Bertz CT molecular complexity index is 446. The van der Waals surface area contributed by atoms with Crippen LogP contribution in [0.3, 0.4) is 0 Å². The molecule has 1 fully saturated rings. The Hall–Kier alpha value is -1.26. The van der Waals surface area contributed by atoms with Crippen molar-refractivity contribution < 1.29 is 4.79 Å². The molecule has 0 radical (unpaired) electrons. The maximum atomic E-state index is 11.9. The van der Waals surface area contributed by atoms with Crippen LogP contribution in [-0.4, -0.2) is 30.4 Å². The molecule has 0 bridgehead atoms. The molecular formula is C13H18ClN3O. The lowest BCUT2D eigenvalue weighted by Gasteiger charge is -2.34. The van der Waals surface area contributed by atoms with E-state index in [1.165, 1.54) is 19.3 Å². The number of amides is 1. The Kier molecular flexibility index (Phi) is 4.09. The fourth-order valence-corrected chi connectivity index (χ4v) is 2.18. The molecule has 1 aromatic rings. The number of carbonyl (C=O) groups is 1. The van der Waals surface area contributed by atoms with Gasteiger partial charge in [0, 0.05) is 11.1 Å². The fourth-order valence-electron chi connectivity index (χ4n) is 2.01. The Morgan fingerprint density at radius 1 is 1.56 bits per heavy atom. The van der Waals surface area contributed by atoms with Crippen molar-refractivity contribution in [3.05, 3.63) is 23.2 Å². The van der Waals surface area contributed by atoms with E-state index in [2.05, 4.69) is 10.2 Å². The fraction of sp³-hybridized carbons (Fsp3) is 0.462. The zero-order valence-electron chi connectivity index (χ0n) is 10.4. The summed E-state index contributed by atoms with van der Waals surface area (Å²) in [6.07, 6.45) is 3.63. The number of hydrogen-bond donors (Lipinski definition) is 2. The summed E-state index contributed by atoms with van der Waals surface area (Å²) in [4.78, 5) is 14.0. The summed E-state index contributed by atoms with van der Waals surface area (Å²) in [7, 11) is 1.98. The maximum Gasteiger partial charge on any atom is 0.238 e. The molecule has 1 aliphatic carbocycles. The molecule has 0 unspecified atom stereocenters. The molecule has 1 saturated carbocycles. The third-order valence-electron chi connectivity index (χ3n) is 3.38. The van der Waals surface area contributed by atoms with E-state index in [1.807, 2.05) is 7.05 Å². The van der Waals surface area contributed by atoms with E-state index in [1.54, 1.807) is 18.2 Å². The highest BCUT2D eigenvalue weighted by atomic mass is 35.5. The van der Waals surface area contributed by atoms with Crippen molar-refractivity contribution in [3.8, 4) is 0 Å². The van der Waals surface area contributed by atoms with Gasteiger partial charge in [-0.3, -0.25) is 9.69 Å². The normalized spacial score (nSPS) is 15.5. The summed E-state index contributed by atoms with van der Waals surface area (Å²) < 4.78 is 0. The molecule has 0 saturated heterocycles. The second kappa shape index (κ2) is 5.59. The summed E-state index contributed by atoms with van der Waals surface area (Å²) in [6.45, 7) is 0.386. The van der Waals surface area contributed by atoms with Crippen molar-refractivity contribution in [3.63, 3.8) is 0 Å². The van der Waals surface area contributed by atoms with Gasteiger partial charge in [0.05, 0.1) is 17.9 Å². The van der Waals surface area contributed by atoms with Gasteiger partial charge in [-0.05, 0) is 38.1 Å². The first-order valence-corrected chi connectivity index (χ1v) is 6.49. The van der Waals surface area contributed by atoms with Gasteiger partial charge in [-0.2, -0.15) is 0 Å². The van der Waals surface area contributed by atoms with Crippen LogP contribution >= 0.6 is 11.6 Å². The molecule has 18 heavy (non-hydrogen) atoms. The first kappa shape index (κ1) is 13.2. The van der Waals surface area contributed by atoms with Crippen molar-refractivity contribution in [2.75, 3.05) is 24.6 Å². The van der Waals surface area contributed by atoms with Crippen molar-refractivity contribution in [2.24, 2.45) is 0 Å². The van der Waals surface area contributed by atoms with Gasteiger partial charge in [0.1, 0.15) is 0 Å². The Labute approximate surface area is 112 Å². The van der Waals surface area contributed by atoms with Crippen LogP contribution < -0.4 is 11.1 Å². The largest absolute Gasteiger partial charge is 0.397 e. The molecule has 1 aromatic carbocycles. The Morgan fingerprint density at radius 2 is 2.28 bits per heavy atom.